The van der Waals surface area contributed by atoms with Crippen LogP contribution in [0.5, 0.6) is 0 Å². The lowest BCUT2D eigenvalue weighted by molar-refractivity contribution is -0.119. The van der Waals surface area contributed by atoms with Crippen LogP contribution < -0.4 is 10.6 Å². The average Bonchev–Trinajstić information content (AvgIpc) is 2.67. The Labute approximate surface area is 91.8 Å². The lowest BCUT2D eigenvalue weighted by Gasteiger charge is -2.12. The maximum atomic E-state index is 13.2. The third-order valence-corrected chi connectivity index (χ3v) is 2.58. The fraction of sp³-hybridized carbons (Fsp3) is 0.364. The first-order chi connectivity index (χ1) is 7.66. The van der Waals surface area contributed by atoms with Crippen LogP contribution in [0.3, 0.4) is 0 Å². The summed E-state index contributed by atoms with van der Waals surface area (Å²) in [7, 11) is 0. The average molecular weight is 226 g/mol. The maximum Gasteiger partial charge on any atom is 0.220 e. The van der Waals surface area contributed by atoms with Crippen molar-refractivity contribution in [2.24, 2.45) is 0 Å². The molecule has 0 bridgehead atoms. The second-order valence-corrected chi connectivity index (χ2v) is 3.79. The molecule has 0 saturated carbocycles. The predicted molar refractivity (Wildman–Crippen MR) is 56.0 cm³/mol. The highest BCUT2D eigenvalue weighted by atomic mass is 19.2. The normalized spacial score (nSPS) is 19.6. The van der Waals surface area contributed by atoms with Gasteiger partial charge in [0.15, 0.2) is 11.6 Å². The van der Waals surface area contributed by atoms with Crippen molar-refractivity contribution in [3.63, 3.8) is 0 Å². The SMILES string of the molecule is O=C1CCC(CNc2cccc(F)c2F)N1. The molecule has 1 fully saturated rings. The highest BCUT2D eigenvalue weighted by Crippen LogP contribution is 2.17. The summed E-state index contributed by atoms with van der Waals surface area (Å²) in [5.41, 5.74) is 0.126. The number of carbonyl (C=O) groups excluding carboxylic acids is 1. The Balaban J connectivity index is 1.94. The Kier molecular flexibility index (Phi) is 3.03. The monoisotopic (exact) mass is 226 g/mol. The summed E-state index contributed by atoms with van der Waals surface area (Å²) in [5.74, 6) is -1.75. The highest BCUT2D eigenvalue weighted by Gasteiger charge is 2.20. The molecule has 0 aliphatic carbocycles. The molecule has 86 valence electrons. The molecular formula is C11H12F2N2O. The van der Waals surface area contributed by atoms with Crippen molar-refractivity contribution >= 4 is 11.6 Å². The van der Waals surface area contributed by atoms with Crippen LogP contribution in [-0.2, 0) is 4.79 Å². The molecule has 1 aliphatic heterocycles. The van der Waals surface area contributed by atoms with Crippen LogP contribution in [0.4, 0.5) is 14.5 Å². The van der Waals surface area contributed by atoms with E-state index in [2.05, 4.69) is 10.6 Å². The summed E-state index contributed by atoms with van der Waals surface area (Å²) in [6.45, 7) is 0.409. The summed E-state index contributed by atoms with van der Waals surface area (Å²) in [5, 5.41) is 5.53. The van der Waals surface area contributed by atoms with Gasteiger partial charge in [0.05, 0.1) is 5.69 Å². The molecular weight excluding hydrogens is 214 g/mol. The molecule has 1 aromatic rings. The molecule has 1 heterocycles. The van der Waals surface area contributed by atoms with Gasteiger partial charge in [0.1, 0.15) is 0 Å². The van der Waals surface area contributed by atoms with Crippen LogP contribution in [0.1, 0.15) is 12.8 Å². The van der Waals surface area contributed by atoms with Crippen LogP contribution in [-0.4, -0.2) is 18.5 Å². The van der Waals surface area contributed by atoms with Gasteiger partial charge < -0.3 is 10.6 Å². The van der Waals surface area contributed by atoms with E-state index in [1.54, 1.807) is 0 Å². The number of hydrogen-bond acceptors (Lipinski definition) is 2. The van der Waals surface area contributed by atoms with Gasteiger partial charge in [0.25, 0.3) is 0 Å². The Morgan fingerprint density at radius 3 is 2.94 bits per heavy atom. The minimum Gasteiger partial charge on any atom is -0.381 e. The van der Waals surface area contributed by atoms with Crippen LogP contribution in [0.15, 0.2) is 18.2 Å². The number of carbonyl (C=O) groups is 1. The molecule has 0 spiro atoms. The molecule has 1 aliphatic rings. The number of rotatable bonds is 3. The van der Waals surface area contributed by atoms with Crippen molar-refractivity contribution in [1.29, 1.82) is 0 Å². The molecule has 0 aromatic heterocycles. The van der Waals surface area contributed by atoms with Gasteiger partial charge in [0.2, 0.25) is 5.91 Å². The van der Waals surface area contributed by atoms with Crippen molar-refractivity contribution < 1.29 is 13.6 Å². The van der Waals surface area contributed by atoms with Crippen molar-refractivity contribution in [2.75, 3.05) is 11.9 Å². The summed E-state index contributed by atoms with van der Waals surface area (Å²) >= 11 is 0. The summed E-state index contributed by atoms with van der Waals surface area (Å²) in [6.07, 6.45) is 1.22. The fourth-order valence-electron chi connectivity index (χ4n) is 1.70. The Hall–Kier alpha value is -1.65. The topological polar surface area (TPSA) is 41.1 Å². The molecule has 2 rings (SSSR count). The van der Waals surface area contributed by atoms with E-state index in [4.69, 9.17) is 0 Å². The molecule has 3 nitrogen and oxygen atoms in total. The van der Waals surface area contributed by atoms with Gasteiger partial charge in [0, 0.05) is 19.0 Å². The van der Waals surface area contributed by atoms with Crippen molar-refractivity contribution in [3.8, 4) is 0 Å². The summed E-state index contributed by atoms with van der Waals surface area (Å²) in [6, 6.07) is 3.97. The van der Waals surface area contributed by atoms with E-state index >= 15 is 0 Å². The number of benzene rings is 1. The van der Waals surface area contributed by atoms with Gasteiger partial charge in [-0.2, -0.15) is 0 Å². The molecule has 0 radical (unpaired) electrons. The summed E-state index contributed by atoms with van der Waals surface area (Å²) < 4.78 is 26.1. The van der Waals surface area contributed by atoms with Crippen molar-refractivity contribution in [2.45, 2.75) is 18.9 Å². The van der Waals surface area contributed by atoms with E-state index in [1.165, 1.54) is 12.1 Å². The predicted octanol–water partition coefficient (Wildman–Crippen LogP) is 1.66. The second-order valence-electron chi connectivity index (χ2n) is 3.79. The molecule has 1 aromatic carbocycles. The number of halogens is 2. The van der Waals surface area contributed by atoms with Crippen molar-refractivity contribution in [3.05, 3.63) is 29.8 Å². The zero-order valence-electron chi connectivity index (χ0n) is 8.59. The fourth-order valence-corrected chi connectivity index (χ4v) is 1.70. The molecule has 1 saturated heterocycles. The van der Waals surface area contributed by atoms with Gasteiger partial charge in [-0.05, 0) is 18.6 Å². The number of nitrogens with one attached hydrogen (secondary N) is 2. The first kappa shape index (κ1) is 10.9. The standard InChI is InChI=1S/C11H12F2N2O/c12-8-2-1-3-9(11(8)13)14-6-7-4-5-10(16)15-7/h1-3,7,14H,4-6H2,(H,15,16). The number of anilines is 1. The Morgan fingerprint density at radius 1 is 1.44 bits per heavy atom. The lowest BCUT2D eigenvalue weighted by Crippen LogP contribution is -2.32. The van der Waals surface area contributed by atoms with Crippen LogP contribution in [0.25, 0.3) is 0 Å². The van der Waals surface area contributed by atoms with Gasteiger partial charge in [-0.15, -0.1) is 0 Å². The zero-order chi connectivity index (χ0) is 11.5. The second kappa shape index (κ2) is 4.47. The largest absolute Gasteiger partial charge is 0.381 e. The maximum absolute atomic E-state index is 13.2. The number of hydrogen-bond donors (Lipinski definition) is 2. The van der Waals surface area contributed by atoms with Gasteiger partial charge in [-0.1, -0.05) is 6.07 Å². The highest BCUT2D eigenvalue weighted by molar-refractivity contribution is 5.78. The first-order valence-corrected chi connectivity index (χ1v) is 5.14. The zero-order valence-corrected chi connectivity index (χ0v) is 8.59. The summed E-state index contributed by atoms with van der Waals surface area (Å²) in [4.78, 5) is 10.9. The smallest absolute Gasteiger partial charge is 0.220 e. The lowest BCUT2D eigenvalue weighted by atomic mass is 10.2. The van der Waals surface area contributed by atoms with Crippen LogP contribution >= 0.6 is 0 Å². The number of amides is 1. The van der Waals surface area contributed by atoms with Crippen molar-refractivity contribution in [1.82, 2.24) is 5.32 Å². The van der Waals surface area contributed by atoms with Gasteiger partial charge in [-0.25, -0.2) is 8.78 Å². The van der Waals surface area contributed by atoms with E-state index in [0.29, 0.717) is 13.0 Å². The molecule has 5 heteroatoms. The first-order valence-electron chi connectivity index (χ1n) is 5.14. The van der Waals surface area contributed by atoms with Gasteiger partial charge in [-0.3, -0.25) is 4.79 Å². The minimum atomic E-state index is -0.883. The van der Waals surface area contributed by atoms with Crippen LogP contribution in [0.2, 0.25) is 0 Å². The van der Waals surface area contributed by atoms with E-state index in [9.17, 15) is 13.6 Å². The molecule has 1 unspecified atom stereocenters. The quantitative estimate of drug-likeness (QED) is 0.822. The van der Waals surface area contributed by atoms with Crippen LogP contribution in [0, 0.1) is 11.6 Å². The van der Waals surface area contributed by atoms with E-state index < -0.39 is 11.6 Å². The Bertz CT molecular complexity index is 409. The van der Waals surface area contributed by atoms with E-state index in [1.807, 2.05) is 0 Å². The van der Waals surface area contributed by atoms with E-state index in [0.717, 1.165) is 12.5 Å². The molecule has 1 amide bonds. The molecule has 1 atom stereocenters. The molecule has 16 heavy (non-hydrogen) atoms. The Morgan fingerprint density at radius 2 is 2.25 bits per heavy atom. The third kappa shape index (κ3) is 2.29. The van der Waals surface area contributed by atoms with E-state index in [-0.39, 0.29) is 17.6 Å². The third-order valence-electron chi connectivity index (χ3n) is 2.58. The van der Waals surface area contributed by atoms with Gasteiger partial charge >= 0.3 is 0 Å². The molecule has 2 N–H and O–H groups in total. The minimum absolute atomic E-state index is 0.00447.